The van der Waals surface area contributed by atoms with Crippen molar-refractivity contribution < 1.29 is 23.8 Å². The second-order valence-electron chi connectivity index (χ2n) is 3.07. The normalized spacial score (nSPS) is 10.1. The number of hydrogen-bond acceptors (Lipinski definition) is 6. The molecule has 1 aromatic heterocycles. The van der Waals surface area contributed by atoms with Crippen molar-refractivity contribution in [3.63, 3.8) is 0 Å². The smallest absolute Gasteiger partial charge is 0.359 e. The van der Waals surface area contributed by atoms with Gasteiger partial charge in [-0.25, -0.2) is 9.59 Å². The molecule has 0 atom stereocenters. The van der Waals surface area contributed by atoms with Crippen LogP contribution in [0.2, 0.25) is 0 Å². The molecule has 1 heterocycles. The Morgan fingerprint density at radius 1 is 1.29 bits per heavy atom. The molecule has 0 aromatic carbocycles. The summed E-state index contributed by atoms with van der Waals surface area (Å²) in [5.41, 5.74) is 0.462. The van der Waals surface area contributed by atoms with Gasteiger partial charge in [0.25, 0.3) is 0 Å². The summed E-state index contributed by atoms with van der Waals surface area (Å²) in [7, 11) is 2.69. The fourth-order valence-electron chi connectivity index (χ4n) is 1.29. The van der Waals surface area contributed by atoms with Gasteiger partial charge in [-0.2, -0.15) is 5.10 Å². The average Bonchev–Trinajstić information content (AvgIpc) is 2.73. The third-order valence-electron chi connectivity index (χ3n) is 2.01. The minimum absolute atomic E-state index is 0.0362. The van der Waals surface area contributed by atoms with Gasteiger partial charge in [-0.05, 0) is 6.92 Å². The fourth-order valence-corrected chi connectivity index (χ4v) is 1.29. The van der Waals surface area contributed by atoms with E-state index in [0.29, 0.717) is 5.56 Å². The Bertz CT molecular complexity index is 413. The van der Waals surface area contributed by atoms with Crippen LogP contribution in [0.15, 0.2) is 0 Å². The first-order chi connectivity index (χ1) is 8.15. The molecule has 0 aliphatic rings. The molecule has 0 saturated heterocycles. The van der Waals surface area contributed by atoms with E-state index in [2.05, 4.69) is 14.9 Å². The Morgan fingerprint density at radius 2 is 2.00 bits per heavy atom. The van der Waals surface area contributed by atoms with Gasteiger partial charge >= 0.3 is 11.9 Å². The lowest BCUT2D eigenvalue weighted by Gasteiger charge is -2.03. The van der Waals surface area contributed by atoms with Crippen LogP contribution in [0.5, 0.6) is 0 Å². The molecule has 1 rings (SSSR count). The second kappa shape index (κ2) is 6.00. The maximum atomic E-state index is 11.6. The van der Waals surface area contributed by atoms with E-state index in [1.54, 1.807) is 6.92 Å². The Balaban J connectivity index is 3.10. The quantitative estimate of drug-likeness (QED) is 0.757. The first-order valence-corrected chi connectivity index (χ1v) is 4.97. The molecule has 0 unspecified atom stereocenters. The maximum absolute atomic E-state index is 11.6. The van der Waals surface area contributed by atoms with Crippen molar-refractivity contribution in [2.75, 3.05) is 20.8 Å². The molecule has 7 nitrogen and oxygen atoms in total. The summed E-state index contributed by atoms with van der Waals surface area (Å²) < 4.78 is 14.3. The number of nitrogens with zero attached hydrogens (tertiary/aromatic N) is 1. The Labute approximate surface area is 98.0 Å². The first kappa shape index (κ1) is 13.2. The minimum atomic E-state index is -0.611. The summed E-state index contributed by atoms with van der Waals surface area (Å²) in [6, 6.07) is 0. The number of rotatable bonds is 5. The van der Waals surface area contributed by atoms with Gasteiger partial charge in [0.2, 0.25) is 0 Å². The summed E-state index contributed by atoms with van der Waals surface area (Å²) in [6.45, 7) is 1.97. The van der Waals surface area contributed by atoms with E-state index < -0.39 is 11.9 Å². The number of aromatic amines is 1. The van der Waals surface area contributed by atoms with Crippen LogP contribution in [-0.4, -0.2) is 43.0 Å². The molecular formula is C10H14N2O5. The molecule has 7 heteroatoms. The molecule has 0 spiro atoms. The number of esters is 2. The molecular weight excluding hydrogens is 228 g/mol. The van der Waals surface area contributed by atoms with Gasteiger partial charge < -0.3 is 14.2 Å². The predicted molar refractivity (Wildman–Crippen MR) is 56.6 cm³/mol. The molecule has 0 saturated carbocycles. The molecule has 0 bridgehead atoms. The lowest BCUT2D eigenvalue weighted by Crippen LogP contribution is -2.11. The molecule has 94 valence electrons. The molecule has 1 aromatic rings. The van der Waals surface area contributed by atoms with Crippen LogP contribution in [-0.2, 0) is 20.8 Å². The standard InChI is InChI=1S/C10H14N2O5/c1-4-17-10(14)8-6(5-15-2)7(11-12-8)9(13)16-3/h4-5H2,1-3H3,(H,11,12). The van der Waals surface area contributed by atoms with Crippen molar-refractivity contribution in [1.29, 1.82) is 0 Å². The average molecular weight is 242 g/mol. The van der Waals surface area contributed by atoms with Crippen molar-refractivity contribution in [3.8, 4) is 0 Å². The lowest BCUT2D eigenvalue weighted by atomic mass is 10.2. The van der Waals surface area contributed by atoms with Crippen LogP contribution in [0.4, 0.5) is 0 Å². The third-order valence-corrected chi connectivity index (χ3v) is 2.01. The van der Waals surface area contributed by atoms with Crippen molar-refractivity contribution in [1.82, 2.24) is 10.2 Å². The Hall–Kier alpha value is -1.89. The summed E-state index contributed by atoms with van der Waals surface area (Å²) in [6.07, 6.45) is 0. The van der Waals surface area contributed by atoms with E-state index in [1.807, 2.05) is 0 Å². The number of nitrogens with one attached hydrogen (secondary N) is 1. The minimum Gasteiger partial charge on any atom is -0.464 e. The fraction of sp³-hybridized carbons (Fsp3) is 0.500. The molecule has 17 heavy (non-hydrogen) atoms. The van der Waals surface area contributed by atoms with Gasteiger partial charge in [0, 0.05) is 12.7 Å². The summed E-state index contributed by atoms with van der Waals surface area (Å²) in [5, 5.41) is 6.19. The summed E-state index contributed by atoms with van der Waals surface area (Å²) in [5.74, 6) is -1.22. The SMILES string of the molecule is CCOC(=O)c1n[nH]c(C(=O)OC)c1COC. The number of carbonyl (C=O) groups excluding carboxylic acids is 2. The van der Waals surface area contributed by atoms with Crippen molar-refractivity contribution in [2.24, 2.45) is 0 Å². The molecule has 0 radical (unpaired) electrons. The Kier molecular flexibility index (Phi) is 4.65. The zero-order valence-corrected chi connectivity index (χ0v) is 9.90. The highest BCUT2D eigenvalue weighted by Gasteiger charge is 2.24. The van der Waals surface area contributed by atoms with E-state index in [-0.39, 0.29) is 24.6 Å². The van der Waals surface area contributed by atoms with Crippen LogP contribution in [0.25, 0.3) is 0 Å². The van der Waals surface area contributed by atoms with Crippen LogP contribution in [0.3, 0.4) is 0 Å². The van der Waals surface area contributed by atoms with Gasteiger partial charge in [0.15, 0.2) is 5.69 Å². The zero-order chi connectivity index (χ0) is 12.8. The van der Waals surface area contributed by atoms with Gasteiger partial charge in [0.1, 0.15) is 5.69 Å². The van der Waals surface area contributed by atoms with E-state index in [0.717, 1.165) is 0 Å². The topological polar surface area (TPSA) is 90.5 Å². The van der Waals surface area contributed by atoms with E-state index >= 15 is 0 Å². The highest BCUT2D eigenvalue weighted by atomic mass is 16.5. The number of hydrogen-bond donors (Lipinski definition) is 1. The Morgan fingerprint density at radius 3 is 2.53 bits per heavy atom. The van der Waals surface area contributed by atoms with E-state index in [4.69, 9.17) is 9.47 Å². The van der Waals surface area contributed by atoms with Gasteiger partial charge in [0.05, 0.1) is 20.3 Å². The zero-order valence-electron chi connectivity index (χ0n) is 9.90. The van der Waals surface area contributed by atoms with Gasteiger partial charge in [-0.3, -0.25) is 5.10 Å². The van der Waals surface area contributed by atoms with E-state index in [9.17, 15) is 9.59 Å². The lowest BCUT2D eigenvalue weighted by molar-refractivity contribution is 0.0514. The highest BCUT2D eigenvalue weighted by Crippen LogP contribution is 2.14. The van der Waals surface area contributed by atoms with Crippen LogP contribution in [0.1, 0.15) is 33.5 Å². The number of aromatic nitrogens is 2. The van der Waals surface area contributed by atoms with Gasteiger partial charge in [-0.1, -0.05) is 0 Å². The highest BCUT2D eigenvalue weighted by molar-refractivity contribution is 5.95. The molecule has 1 N–H and O–H groups in total. The van der Waals surface area contributed by atoms with Crippen LogP contribution >= 0.6 is 0 Å². The third kappa shape index (κ3) is 2.82. The molecule has 0 fully saturated rings. The van der Waals surface area contributed by atoms with Crippen LogP contribution in [0, 0.1) is 0 Å². The number of methoxy groups -OCH3 is 2. The van der Waals surface area contributed by atoms with Crippen molar-refractivity contribution in [2.45, 2.75) is 13.5 Å². The summed E-state index contributed by atoms with van der Waals surface area (Å²) in [4.78, 5) is 23.0. The van der Waals surface area contributed by atoms with Crippen LogP contribution < -0.4 is 0 Å². The second-order valence-corrected chi connectivity index (χ2v) is 3.07. The number of ether oxygens (including phenoxy) is 3. The monoisotopic (exact) mass is 242 g/mol. The van der Waals surface area contributed by atoms with Crippen molar-refractivity contribution in [3.05, 3.63) is 17.0 Å². The van der Waals surface area contributed by atoms with E-state index in [1.165, 1.54) is 14.2 Å². The largest absolute Gasteiger partial charge is 0.464 e. The summed E-state index contributed by atoms with van der Waals surface area (Å²) >= 11 is 0. The number of carbonyl (C=O) groups is 2. The number of H-pyrrole nitrogens is 1. The molecule has 0 amide bonds. The maximum Gasteiger partial charge on any atom is 0.359 e. The molecule has 0 aliphatic carbocycles. The van der Waals surface area contributed by atoms with Crippen molar-refractivity contribution >= 4 is 11.9 Å². The molecule has 0 aliphatic heterocycles. The first-order valence-electron chi connectivity index (χ1n) is 4.97. The predicted octanol–water partition coefficient (Wildman–Crippen LogP) is 0.519. The van der Waals surface area contributed by atoms with Gasteiger partial charge in [-0.15, -0.1) is 0 Å².